The highest BCUT2D eigenvalue weighted by Crippen LogP contribution is 2.06. The topological polar surface area (TPSA) is 89.6 Å². The lowest BCUT2D eigenvalue weighted by Gasteiger charge is -2.14. The average Bonchev–Trinajstić information content (AvgIpc) is 2.35. The lowest BCUT2D eigenvalue weighted by molar-refractivity contribution is -0.140. The summed E-state index contributed by atoms with van der Waals surface area (Å²) >= 11 is 0. The van der Waals surface area contributed by atoms with Gasteiger partial charge in [-0.05, 0) is 5.56 Å². The summed E-state index contributed by atoms with van der Waals surface area (Å²) in [6.07, 6.45) is -0.237. The molecule has 0 heterocycles. The van der Waals surface area contributed by atoms with Gasteiger partial charge in [0.05, 0.1) is 6.61 Å². The number of hydrogen-bond acceptors (Lipinski definition) is 4. The van der Waals surface area contributed by atoms with E-state index in [9.17, 15) is 9.59 Å². The first kappa shape index (κ1) is 13.3. The SMILES string of the molecule is NC(CC(C=O)OCc1ccccc1)C(=O)O. The molecule has 1 rings (SSSR count). The number of nitrogens with two attached hydrogens (primary N) is 1. The molecule has 0 aliphatic rings. The number of carbonyl (C=O) groups excluding carboxylic acids is 1. The maximum Gasteiger partial charge on any atom is 0.320 e. The van der Waals surface area contributed by atoms with Gasteiger partial charge in [0.2, 0.25) is 0 Å². The Morgan fingerprint density at radius 1 is 1.41 bits per heavy atom. The van der Waals surface area contributed by atoms with E-state index in [1.807, 2.05) is 30.3 Å². The van der Waals surface area contributed by atoms with Crippen LogP contribution in [0.3, 0.4) is 0 Å². The third-order valence-corrected chi connectivity index (χ3v) is 2.26. The van der Waals surface area contributed by atoms with E-state index >= 15 is 0 Å². The molecule has 5 heteroatoms. The molecular weight excluding hydrogens is 222 g/mol. The van der Waals surface area contributed by atoms with Gasteiger partial charge in [0.15, 0.2) is 0 Å². The Balaban J connectivity index is 2.42. The second kappa shape index (κ2) is 6.78. The van der Waals surface area contributed by atoms with Crippen LogP contribution in [0.4, 0.5) is 0 Å². The van der Waals surface area contributed by atoms with Crippen LogP contribution in [0.2, 0.25) is 0 Å². The van der Waals surface area contributed by atoms with Gasteiger partial charge in [0, 0.05) is 6.42 Å². The minimum atomic E-state index is -1.14. The van der Waals surface area contributed by atoms with Crippen LogP contribution in [0, 0.1) is 0 Å². The second-order valence-electron chi connectivity index (χ2n) is 3.65. The fourth-order valence-electron chi connectivity index (χ4n) is 1.29. The molecule has 2 atom stereocenters. The zero-order chi connectivity index (χ0) is 12.7. The number of aldehydes is 1. The Morgan fingerprint density at radius 3 is 2.59 bits per heavy atom. The molecule has 0 aromatic heterocycles. The van der Waals surface area contributed by atoms with Crippen LogP contribution in [0.5, 0.6) is 0 Å². The predicted octanol–water partition coefficient (Wildman–Crippen LogP) is 0.573. The molecule has 0 aliphatic carbocycles. The monoisotopic (exact) mass is 237 g/mol. The van der Waals surface area contributed by atoms with E-state index in [1.165, 1.54) is 0 Å². The zero-order valence-corrected chi connectivity index (χ0v) is 9.28. The van der Waals surface area contributed by atoms with E-state index in [1.54, 1.807) is 0 Å². The molecule has 0 saturated heterocycles. The first-order valence-corrected chi connectivity index (χ1v) is 5.22. The van der Waals surface area contributed by atoms with E-state index in [0.29, 0.717) is 6.29 Å². The lowest BCUT2D eigenvalue weighted by atomic mass is 10.1. The van der Waals surface area contributed by atoms with E-state index in [2.05, 4.69) is 0 Å². The van der Waals surface area contributed by atoms with Crippen molar-refractivity contribution in [2.24, 2.45) is 5.73 Å². The van der Waals surface area contributed by atoms with Crippen molar-refractivity contribution in [1.29, 1.82) is 0 Å². The number of carbonyl (C=O) groups is 2. The normalized spacial score (nSPS) is 13.9. The molecule has 17 heavy (non-hydrogen) atoms. The summed E-state index contributed by atoms with van der Waals surface area (Å²) in [5.41, 5.74) is 6.24. The van der Waals surface area contributed by atoms with Crippen LogP contribution >= 0.6 is 0 Å². The minimum absolute atomic E-state index is 0.0222. The number of hydrogen-bond donors (Lipinski definition) is 2. The Hall–Kier alpha value is -1.72. The van der Waals surface area contributed by atoms with Crippen LogP contribution in [-0.4, -0.2) is 29.5 Å². The highest BCUT2D eigenvalue weighted by molar-refractivity contribution is 5.74. The van der Waals surface area contributed by atoms with Gasteiger partial charge in [0.1, 0.15) is 18.4 Å². The number of ether oxygens (including phenoxy) is 1. The highest BCUT2D eigenvalue weighted by Gasteiger charge is 2.18. The summed E-state index contributed by atoms with van der Waals surface area (Å²) < 4.78 is 5.29. The Labute approximate surface area is 99.2 Å². The number of carboxylic acid groups (broad SMARTS) is 1. The lowest BCUT2D eigenvalue weighted by Crippen LogP contribution is -2.35. The summed E-state index contributed by atoms with van der Waals surface area (Å²) in [5.74, 6) is -1.14. The van der Waals surface area contributed by atoms with Crippen molar-refractivity contribution in [1.82, 2.24) is 0 Å². The Kier molecular flexibility index (Phi) is 5.32. The van der Waals surface area contributed by atoms with Crippen LogP contribution in [0.1, 0.15) is 12.0 Å². The molecule has 2 unspecified atom stereocenters. The standard InChI is InChI=1S/C12H15NO4/c13-11(12(15)16)6-10(7-14)17-8-9-4-2-1-3-5-9/h1-5,7,10-11H,6,8,13H2,(H,15,16). The fraction of sp³-hybridized carbons (Fsp3) is 0.333. The van der Waals surface area contributed by atoms with Gasteiger partial charge in [0.25, 0.3) is 0 Å². The van der Waals surface area contributed by atoms with E-state index < -0.39 is 18.1 Å². The van der Waals surface area contributed by atoms with Crippen molar-refractivity contribution in [2.45, 2.75) is 25.2 Å². The van der Waals surface area contributed by atoms with E-state index in [-0.39, 0.29) is 13.0 Å². The molecule has 1 aromatic carbocycles. The van der Waals surface area contributed by atoms with Crippen LogP contribution < -0.4 is 5.73 Å². The van der Waals surface area contributed by atoms with E-state index in [0.717, 1.165) is 5.56 Å². The van der Waals surface area contributed by atoms with Crippen molar-refractivity contribution >= 4 is 12.3 Å². The second-order valence-corrected chi connectivity index (χ2v) is 3.65. The first-order chi connectivity index (χ1) is 8.13. The van der Waals surface area contributed by atoms with Gasteiger partial charge in [-0.25, -0.2) is 0 Å². The van der Waals surface area contributed by atoms with Crippen LogP contribution in [0.25, 0.3) is 0 Å². The third kappa shape index (κ3) is 4.76. The Morgan fingerprint density at radius 2 is 2.06 bits per heavy atom. The number of rotatable bonds is 7. The molecule has 0 saturated carbocycles. The number of carboxylic acids is 1. The molecule has 0 radical (unpaired) electrons. The first-order valence-electron chi connectivity index (χ1n) is 5.22. The van der Waals surface area contributed by atoms with Gasteiger partial charge in [-0.1, -0.05) is 30.3 Å². The van der Waals surface area contributed by atoms with Crippen molar-refractivity contribution in [3.63, 3.8) is 0 Å². The molecule has 0 aliphatic heterocycles. The predicted molar refractivity (Wildman–Crippen MR) is 61.3 cm³/mol. The van der Waals surface area contributed by atoms with Crippen molar-refractivity contribution in [3.8, 4) is 0 Å². The third-order valence-electron chi connectivity index (χ3n) is 2.26. The smallest absolute Gasteiger partial charge is 0.320 e. The quantitative estimate of drug-likeness (QED) is 0.677. The highest BCUT2D eigenvalue weighted by atomic mass is 16.5. The van der Waals surface area contributed by atoms with Crippen molar-refractivity contribution < 1.29 is 19.4 Å². The van der Waals surface area contributed by atoms with Gasteiger partial charge in [-0.15, -0.1) is 0 Å². The van der Waals surface area contributed by atoms with Gasteiger partial charge < -0.3 is 20.4 Å². The minimum Gasteiger partial charge on any atom is -0.480 e. The summed E-state index contributed by atoms with van der Waals surface area (Å²) in [6.45, 7) is 0.261. The summed E-state index contributed by atoms with van der Waals surface area (Å²) in [7, 11) is 0. The van der Waals surface area contributed by atoms with Crippen LogP contribution in [0.15, 0.2) is 30.3 Å². The fourth-order valence-corrected chi connectivity index (χ4v) is 1.29. The van der Waals surface area contributed by atoms with E-state index in [4.69, 9.17) is 15.6 Å². The number of benzene rings is 1. The molecule has 92 valence electrons. The zero-order valence-electron chi connectivity index (χ0n) is 9.28. The molecule has 3 N–H and O–H groups in total. The maximum atomic E-state index is 10.7. The molecule has 0 bridgehead atoms. The molecular formula is C12H15NO4. The molecule has 5 nitrogen and oxygen atoms in total. The van der Waals surface area contributed by atoms with Gasteiger partial charge >= 0.3 is 5.97 Å². The average molecular weight is 237 g/mol. The van der Waals surface area contributed by atoms with Crippen molar-refractivity contribution in [3.05, 3.63) is 35.9 Å². The van der Waals surface area contributed by atoms with Crippen molar-refractivity contribution in [2.75, 3.05) is 0 Å². The number of aliphatic carboxylic acids is 1. The maximum absolute atomic E-state index is 10.7. The largest absolute Gasteiger partial charge is 0.480 e. The molecule has 1 aromatic rings. The van der Waals surface area contributed by atoms with Crippen LogP contribution in [-0.2, 0) is 20.9 Å². The molecule has 0 fully saturated rings. The summed E-state index contributed by atoms with van der Waals surface area (Å²) in [4.78, 5) is 21.2. The van der Waals surface area contributed by atoms with Gasteiger partial charge in [-0.2, -0.15) is 0 Å². The summed E-state index contributed by atoms with van der Waals surface area (Å²) in [5, 5.41) is 8.62. The molecule has 0 spiro atoms. The Bertz CT molecular complexity index is 366. The summed E-state index contributed by atoms with van der Waals surface area (Å²) in [6, 6.07) is 8.23. The van der Waals surface area contributed by atoms with Gasteiger partial charge in [-0.3, -0.25) is 4.79 Å². The molecule has 0 amide bonds.